The van der Waals surface area contributed by atoms with Crippen molar-refractivity contribution in [1.29, 1.82) is 0 Å². The Morgan fingerprint density at radius 3 is 2.61 bits per heavy atom. The van der Waals surface area contributed by atoms with E-state index in [0.717, 1.165) is 31.6 Å². The SMILES string of the molecule is CCCCC(=O)N(C)CCCOc1ccccc1. The van der Waals surface area contributed by atoms with E-state index in [9.17, 15) is 4.79 Å². The predicted octanol–water partition coefficient (Wildman–Crippen LogP) is 3.10. The third-order valence-electron chi connectivity index (χ3n) is 2.82. The number of nitrogens with zero attached hydrogens (tertiary/aromatic N) is 1. The molecule has 3 nitrogen and oxygen atoms in total. The maximum absolute atomic E-state index is 11.7. The minimum atomic E-state index is 0.233. The third-order valence-corrected chi connectivity index (χ3v) is 2.82. The Morgan fingerprint density at radius 1 is 1.22 bits per heavy atom. The normalized spacial score (nSPS) is 10.1. The van der Waals surface area contributed by atoms with Crippen LogP contribution in [0.15, 0.2) is 30.3 Å². The molecule has 0 saturated carbocycles. The van der Waals surface area contributed by atoms with Gasteiger partial charge in [0.2, 0.25) is 5.91 Å². The minimum absolute atomic E-state index is 0.233. The fourth-order valence-electron chi connectivity index (χ4n) is 1.65. The van der Waals surface area contributed by atoms with Crippen molar-refractivity contribution in [1.82, 2.24) is 4.90 Å². The summed E-state index contributed by atoms with van der Waals surface area (Å²) in [6.07, 6.45) is 3.57. The van der Waals surface area contributed by atoms with Crippen LogP contribution in [-0.4, -0.2) is 31.0 Å². The van der Waals surface area contributed by atoms with Crippen molar-refractivity contribution in [3.05, 3.63) is 30.3 Å². The smallest absolute Gasteiger partial charge is 0.222 e. The van der Waals surface area contributed by atoms with Crippen molar-refractivity contribution in [2.24, 2.45) is 0 Å². The average Bonchev–Trinajstić information content (AvgIpc) is 2.41. The summed E-state index contributed by atoms with van der Waals surface area (Å²) in [6, 6.07) is 9.75. The first-order valence-corrected chi connectivity index (χ1v) is 6.66. The Labute approximate surface area is 110 Å². The lowest BCUT2D eigenvalue weighted by molar-refractivity contribution is -0.130. The van der Waals surface area contributed by atoms with Crippen molar-refractivity contribution in [3.8, 4) is 5.75 Å². The van der Waals surface area contributed by atoms with Crippen LogP contribution in [0.4, 0.5) is 0 Å². The Kier molecular flexibility index (Phi) is 6.92. The van der Waals surface area contributed by atoms with Crippen molar-refractivity contribution in [2.75, 3.05) is 20.2 Å². The van der Waals surface area contributed by atoms with Crippen LogP contribution in [0.3, 0.4) is 0 Å². The molecule has 1 rings (SSSR count). The van der Waals surface area contributed by atoms with Crippen LogP contribution in [0, 0.1) is 0 Å². The molecule has 1 aromatic rings. The van der Waals surface area contributed by atoms with Gasteiger partial charge in [0.15, 0.2) is 0 Å². The molecule has 0 atom stereocenters. The predicted molar refractivity (Wildman–Crippen MR) is 73.7 cm³/mol. The molecule has 18 heavy (non-hydrogen) atoms. The molecule has 0 heterocycles. The highest BCUT2D eigenvalue weighted by atomic mass is 16.5. The molecule has 0 unspecified atom stereocenters. The second kappa shape index (κ2) is 8.56. The van der Waals surface area contributed by atoms with Gasteiger partial charge in [-0.25, -0.2) is 0 Å². The van der Waals surface area contributed by atoms with Gasteiger partial charge in [-0.15, -0.1) is 0 Å². The largest absolute Gasteiger partial charge is 0.494 e. The number of hydrogen-bond acceptors (Lipinski definition) is 2. The van der Waals surface area contributed by atoms with E-state index >= 15 is 0 Å². The van der Waals surface area contributed by atoms with Gasteiger partial charge in [0.1, 0.15) is 5.75 Å². The minimum Gasteiger partial charge on any atom is -0.494 e. The molecule has 0 saturated heterocycles. The quantitative estimate of drug-likeness (QED) is 0.663. The van der Waals surface area contributed by atoms with Crippen LogP contribution in [-0.2, 0) is 4.79 Å². The molecule has 0 bridgehead atoms. The number of carbonyl (C=O) groups is 1. The van der Waals surface area contributed by atoms with Gasteiger partial charge < -0.3 is 9.64 Å². The highest BCUT2D eigenvalue weighted by Crippen LogP contribution is 2.08. The second-order valence-electron chi connectivity index (χ2n) is 4.43. The van der Waals surface area contributed by atoms with E-state index in [-0.39, 0.29) is 5.91 Å². The van der Waals surface area contributed by atoms with Gasteiger partial charge in [0.05, 0.1) is 6.61 Å². The molecule has 0 aliphatic carbocycles. The highest BCUT2D eigenvalue weighted by molar-refractivity contribution is 5.75. The zero-order chi connectivity index (χ0) is 13.2. The summed E-state index contributed by atoms with van der Waals surface area (Å²) in [5.41, 5.74) is 0. The maximum atomic E-state index is 11.7. The topological polar surface area (TPSA) is 29.5 Å². The fraction of sp³-hybridized carbons (Fsp3) is 0.533. The van der Waals surface area contributed by atoms with Gasteiger partial charge in [0, 0.05) is 20.0 Å². The van der Waals surface area contributed by atoms with E-state index in [1.165, 1.54) is 0 Å². The number of para-hydroxylation sites is 1. The molecule has 3 heteroatoms. The molecular weight excluding hydrogens is 226 g/mol. The molecule has 0 aliphatic rings. The summed E-state index contributed by atoms with van der Waals surface area (Å²) in [7, 11) is 1.86. The van der Waals surface area contributed by atoms with E-state index in [0.29, 0.717) is 13.0 Å². The van der Waals surface area contributed by atoms with E-state index in [4.69, 9.17) is 4.74 Å². The first-order valence-electron chi connectivity index (χ1n) is 6.66. The number of benzene rings is 1. The lowest BCUT2D eigenvalue weighted by Gasteiger charge is -2.17. The number of amides is 1. The summed E-state index contributed by atoms with van der Waals surface area (Å²) in [5, 5.41) is 0. The van der Waals surface area contributed by atoms with Crippen molar-refractivity contribution < 1.29 is 9.53 Å². The number of hydrogen-bond donors (Lipinski definition) is 0. The van der Waals surface area contributed by atoms with Crippen LogP contribution in [0.1, 0.15) is 32.6 Å². The summed E-state index contributed by atoms with van der Waals surface area (Å²) >= 11 is 0. The van der Waals surface area contributed by atoms with Crippen LogP contribution < -0.4 is 4.74 Å². The summed E-state index contributed by atoms with van der Waals surface area (Å²) < 4.78 is 5.58. The lowest BCUT2D eigenvalue weighted by atomic mass is 10.2. The summed E-state index contributed by atoms with van der Waals surface area (Å²) in [6.45, 7) is 3.51. The number of ether oxygens (including phenoxy) is 1. The van der Waals surface area contributed by atoms with Gasteiger partial charge >= 0.3 is 0 Å². The summed E-state index contributed by atoms with van der Waals surface area (Å²) in [5.74, 6) is 1.12. The van der Waals surface area contributed by atoms with E-state index in [1.807, 2.05) is 37.4 Å². The van der Waals surface area contributed by atoms with Gasteiger partial charge in [0.25, 0.3) is 0 Å². The van der Waals surface area contributed by atoms with Gasteiger partial charge in [-0.2, -0.15) is 0 Å². The molecule has 1 amide bonds. The zero-order valence-corrected chi connectivity index (χ0v) is 11.4. The summed E-state index contributed by atoms with van der Waals surface area (Å²) in [4.78, 5) is 13.4. The van der Waals surface area contributed by atoms with Crippen LogP contribution in [0.25, 0.3) is 0 Å². The highest BCUT2D eigenvalue weighted by Gasteiger charge is 2.06. The molecule has 1 aromatic carbocycles. The lowest BCUT2D eigenvalue weighted by Crippen LogP contribution is -2.28. The molecule has 0 N–H and O–H groups in total. The van der Waals surface area contributed by atoms with Crippen molar-refractivity contribution in [2.45, 2.75) is 32.6 Å². The average molecular weight is 249 g/mol. The number of carbonyl (C=O) groups excluding carboxylic acids is 1. The van der Waals surface area contributed by atoms with Crippen molar-refractivity contribution in [3.63, 3.8) is 0 Å². The standard InChI is InChI=1S/C15H23NO2/c1-3-4-11-15(17)16(2)12-8-13-18-14-9-6-5-7-10-14/h5-7,9-10H,3-4,8,11-13H2,1-2H3. The van der Waals surface area contributed by atoms with Crippen LogP contribution >= 0.6 is 0 Å². The van der Waals surface area contributed by atoms with Gasteiger partial charge in [-0.1, -0.05) is 31.5 Å². The van der Waals surface area contributed by atoms with E-state index < -0.39 is 0 Å². The van der Waals surface area contributed by atoms with E-state index in [2.05, 4.69) is 6.92 Å². The van der Waals surface area contributed by atoms with Crippen LogP contribution in [0.2, 0.25) is 0 Å². The number of rotatable bonds is 8. The number of unbranched alkanes of at least 4 members (excludes halogenated alkanes) is 1. The molecule has 0 fully saturated rings. The Bertz CT molecular complexity index is 338. The fourth-order valence-corrected chi connectivity index (χ4v) is 1.65. The Morgan fingerprint density at radius 2 is 1.94 bits per heavy atom. The zero-order valence-electron chi connectivity index (χ0n) is 11.4. The molecular formula is C15H23NO2. The Balaban J connectivity index is 2.12. The molecule has 100 valence electrons. The molecule has 0 radical (unpaired) electrons. The monoisotopic (exact) mass is 249 g/mol. The first kappa shape index (κ1) is 14.6. The molecule has 0 aromatic heterocycles. The van der Waals surface area contributed by atoms with E-state index in [1.54, 1.807) is 4.90 Å². The Hall–Kier alpha value is -1.51. The molecule has 0 aliphatic heterocycles. The second-order valence-corrected chi connectivity index (χ2v) is 4.43. The van der Waals surface area contributed by atoms with Crippen molar-refractivity contribution >= 4 is 5.91 Å². The van der Waals surface area contributed by atoms with Gasteiger partial charge in [-0.3, -0.25) is 4.79 Å². The maximum Gasteiger partial charge on any atom is 0.222 e. The molecule has 0 spiro atoms. The first-order chi connectivity index (χ1) is 8.74. The third kappa shape index (κ3) is 5.71. The van der Waals surface area contributed by atoms with Gasteiger partial charge in [-0.05, 0) is 25.0 Å². The van der Waals surface area contributed by atoms with Crippen LogP contribution in [0.5, 0.6) is 5.75 Å².